The molecule has 2 rings (SSSR count). The van der Waals surface area contributed by atoms with E-state index < -0.39 is 24.2 Å². The van der Waals surface area contributed by atoms with Gasteiger partial charge in [-0.15, -0.1) is 0 Å². The smallest absolute Gasteiger partial charge is 0.413 e. The Bertz CT molecular complexity index is 459. The van der Waals surface area contributed by atoms with Gasteiger partial charge in [0.05, 0.1) is 6.10 Å². The molecule has 6 nitrogen and oxygen atoms in total. The second-order valence-electron chi connectivity index (χ2n) is 4.29. The molecule has 1 saturated heterocycles. The lowest BCUT2D eigenvalue weighted by Crippen LogP contribution is -2.44. The van der Waals surface area contributed by atoms with Gasteiger partial charge in [-0.1, -0.05) is 30.3 Å². The van der Waals surface area contributed by atoms with Gasteiger partial charge < -0.3 is 14.6 Å². The van der Waals surface area contributed by atoms with Crippen molar-refractivity contribution in [2.75, 3.05) is 6.73 Å². The molecule has 1 unspecified atom stereocenters. The second kappa shape index (κ2) is 5.71. The van der Waals surface area contributed by atoms with Crippen molar-refractivity contribution in [3.8, 4) is 0 Å². The van der Waals surface area contributed by atoms with Crippen LogP contribution in [-0.4, -0.2) is 40.9 Å². The highest BCUT2D eigenvalue weighted by molar-refractivity contribution is 5.84. The number of benzene rings is 1. The maximum Gasteiger partial charge on any atom is 0.413 e. The number of hydrogen-bond acceptors (Lipinski definition) is 5. The first-order valence-corrected chi connectivity index (χ1v) is 5.91. The van der Waals surface area contributed by atoms with Crippen molar-refractivity contribution in [2.45, 2.75) is 25.7 Å². The summed E-state index contributed by atoms with van der Waals surface area (Å²) in [7, 11) is 0. The SMILES string of the molecule is C[C@@H](O)C1C(=O)OCN1C(=O)OCc1ccccc1. The van der Waals surface area contributed by atoms with E-state index in [4.69, 9.17) is 9.47 Å². The van der Waals surface area contributed by atoms with Crippen molar-refractivity contribution in [2.24, 2.45) is 0 Å². The quantitative estimate of drug-likeness (QED) is 0.821. The summed E-state index contributed by atoms with van der Waals surface area (Å²) < 4.78 is 9.82. The molecular formula is C13H15NO5. The highest BCUT2D eigenvalue weighted by atomic mass is 16.6. The van der Waals surface area contributed by atoms with E-state index in [1.807, 2.05) is 30.3 Å². The number of aliphatic hydroxyl groups excluding tert-OH is 1. The van der Waals surface area contributed by atoms with Crippen molar-refractivity contribution in [3.05, 3.63) is 35.9 Å². The van der Waals surface area contributed by atoms with Crippen molar-refractivity contribution in [1.82, 2.24) is 4.90 Å². The first-order valence-electron chi connectivity index (χ1n) is 5.91. The van der Waals surface area contributed by atoms with Crippen molar-refractivity contribution in [1.29, 1.82) is 0 Å². The summed E-state index contributed by atoms with van der Waals surface area (Å²) in [5.41, 5.74) is 0.843. The van der Waals surface area contributed by atoms with Crippen LogP contribution in [0.2, 0.25) is 0 Å². The third-order valence-electron chi connectivity index (χ3n) is 2.82. The van der Waals surface area contributed by atoms with Gasteiger partial charge >= 0.3 is 12.1 Å². The van der Waals surface area contributed by atoms with Gasteiger partial charge in [0.1, 0.15) is 6.61 Å². The number of ether oxygens (including phenoxy) is 2. The number of amides is 1. The minimum Gasteiger partial charge on any atom is -0.444 e. The normalized spacial score (nSPS) is 20.0. The number of carbonyl (C=O) groups is 2. The molecule has 0 radical (unpaired) electrons. The van der Waals surface area contributed by atoms with Crippen LogP contribution in [0.1, 0.15) is 12.5 Å². The van der Waals surface area contributed by atoms with Crippen LogP contribution in [0, 0.1) is 0 Å². The zero-order chi connectivity index (χ0) is 13.8. The Balaban J connectivity index is 1.95. The Labute approximate surface area is 110 Å². The first kappa shape index (κ1) is 13.4. The number of rotatable bonds is 3. The third-order valence-corrected chi connectivity index (χ3v) is 2.82. The van der Waals surface area contributed by atoms with E-state index >= 15 is 0 Å². The largest absolute Gasteiger partial charge is 0.444 e. The minimum atomic E-state index is -1.00. The van der Waals surface area contributed by atoms with Crippen molar-refractivity contribution < 1.29 is 24.2 Å². The fourth-order valence-electron chi connectivity index (χ4n) is 1.85. The van der Waals surface area contributed by atoms with Crippen LogP contribution in [0.3, 0.4) is 0 Å². The number of carbonyl (C=O) groups excluding carboxylic acids is 2. The number of hydrogen-bond donors (Lipinski definition) is 1. The van der Waals surface area contributed by atoms with Gasteiger partial charge in [0.15, 0.2) is 12.8 Å². The first-order chi connectivity index (χ1) is 9.09. The van der Waals surface area contributed by atoms with E-state index in [2.05, 4.69) is 0 Å². The van der Waals surface area contributed by atoms with Crippen LogP contribution in [0.5, 0.6) is 0 Å². The van der Waals surface area contributed by atoms with Crippen LogP contribution in [0.4, 0.5) is 4.79 Å². The maximum atomic E-state index is 11.8. The molecule has 0 aliphatic carbocycles. The van der Waals surface area contributed by atoms with Crippen molar-refractivity contribution >= 4 is 12.1 Å². The Morgan fingerprint density at radius 2 is 2.21 bits per heavy atom. The number of cyclic esters (lactones) is 1. The molecule has 1 N–H and O–H groups in total. The van der Waals surface area contributed by atoms with Gasteiger partial charge in [0.2, 0.25) is 0 Å². The Morgan fingerprint density at radius 1 is 1.53 bits per heavy atom. The highest BCUT2D eigenvalue weighted by Gasteiger charge is 2.41. The molecule has 0 saturated carbocycles. The van der Waals surface area contributed by atoms with Crippen LogP contribution >= 0.6 is 0 Å². The van der Waals surface area contributed by atoms with Crippen LogP contribution in [-0.2, 0) is 20.9 Å². The molecule has 19 heavy (non-hydrogen) atoms. The zero-order valence-corrected chi connectivity index (χ0v) is 10.5. The predicted molar refractivity (Wildman–Crippen MR) is 64.9 cm³/mol. The Morgan fingerprint density at radius 3 is 2.84 bits per heavy atom. The average Bonchev–Trinajstić information content (AvgIpc) is 2.79. The summed E-state index contributed by atoms with van der Waals surface area (Å²) in [6, 6.07) is 8.19. The number of nitrogens with zero attached hydrogens (tertiary/aromatic N) is 1. The molecule has 1 aromatic rings. The lowest BCUT2D eigenvalue weighted by molar-refractivity contribution is -0.140. The molecule has 6 heteroatoms. The average molecular weight is 265 g/mol. The monoisotopic (exact) mass is 265 g/mol. The maximum absolute atomic E-state index is 11.8. The van der Waals surface area contributed by atoms with Gasteiger partial charge in [-0.3, -0.25) is 4.90 Å². The summed E-state index contributed by atoms with van der Waals surface area (Å²) >= 11 is 0. The third kappa shape index (κ3) is 3.03. The zero-order valence-electron chi connectivity index (χ0n) is 10.5. The van der Waals surface area contributed by atoms with E-state index in [1.54, 1.807) is 0 Å². The van der Waals surface area contributed by atoms with Gasteiger partial charge in [-0.25, -0.2) is 9.59 Å². The van der Waals surface area contributed by atoms with Gasteiger partial charge in [0, 0.05) is 0 Å². The fraction of sp³-hybridized carbons (Fsp3) is 0.385. The molecule has 1 aliphatic heterocycles. The molecule has 0 aromatic heterocycles. The summed E-state index contributed by atoms with van der Waals surface area (Å²) in [5.74, 6) is -0.619. The molecule has 1 aliphatic rings. The molecule has 0 spiro atoms. The summed E-state index contributed by atoms with van der Waals surface area (Å²) in [6.07, 6.45) is -1.68. The number of aliphatic hydroxyl groups is 1. The van der Waals surface area contributed by atoms with E-state index in [9.17, 15) is 14.7 Å². The molecule has 102 valence electrons. The Kier molecular flexibility index (Phi) is 4.01. The Hall–Kier alpha value is -2.08. The topological polar surface area (TPSA) is 76.1 Å². The van der Waals surface area contributed by atoms with Crippen LogP contribution < -0.4 is 0 Å². The lowest BCUT2D eigenvalue weighted by atomic mass is 10.2. The van der Waals surface area contributed by atoms with Crippen LogP contribution in [0.15, 0.2) is 30.3 Å². The lowest BCUT2D eigenvalue weighted by Gasteiger charge is -2.21. The molecule has 1 aromatic carbocycles. The van der Waals surface area contributed by atoms with E-state index in [-0.39, 0.29) is 13.3 Å². The van der Waals surface area contributed by atoms with Crippen molar-refractivity contribution in [3.63, 3.8) is 0 Å². The standard InChI is InChI=1S/C13H15NO5/c1-9(15)11-12(16)19-8-14(11)13(17)18-7-10-5-3-2-4-6-10/h2-6,9,11,15H,7-8H2,1H3/t9-,11?/m1/s1. The minimum absolute atomic E-state index is 0.108. The summed E-state index contributed by atoms with van der Waals surface area (Å²) in [4.78, 5) is 24.3. The molecular weight excluding hydrogens is 250 g/mol. The highest BCUT2D eigenvalue weighted by Crippen LogP contribution is 2.16. The summed E-state index contributed by atoms with van der Waals surface area (Å²) in [6.45, 7) is 1.34. The molecule has 2 atom stereocenters. The van der Waals surface area contributed by atoms with E-state index in [0.29, 0.717) is 0 Å². The van der Waals surface area contributed by atoms with Crippen LogP contribution in [0.25, 0.3) is 0 Å². The molecule has 0 bridgehead atoms. The fourth-order valence-corrected chi connectivity index (χ4v) is 1.85. The van der Waals surface area contributed by atoms with Gasteiger partial charge in [-0.05, 0) is 12.5 Å². The second-order valence-corrected chi connectivity index (χ2v) is 4.29. The number of esters is 1. The summed E-state index contributed by atoms with van der Waals surface area (Å²) in [5, 5.41) is 9.48. The van der Waals surface area contributed by atoms with E-state index in [1.165, 1.54) is 6.92 Å². The van der Waals surface area contributed by atoms with E-state index in [0.717, 1.165) is 10.5 Å². The van der Waals surface area contributed by atoms with Gasteiger partial charge in [0.25, 0.3) is 0 Å². The predicted octanol–water partition coefficient (Wildman–Crippen LogP) is 0.889. The van der Waals surface area contributed by atoms with Gasteiger partial charge in [-0.2, -0.15) is 0 Å². The molecule has 1 heterocycles. The molecule has 1 fully saturated rings. The molecule has 1 amide bonds.